The van der Waals surface area contributed by atoms with Gasteiger partial charge in [0.25, 0.3) is 0 Å². The number of Topliss-reactive ketones (excluding diaryl/α,β-unsaturated/α-hetero) is 1. The van der Waals surface area contributed by atoms with Gasteiger partial charge in [-0.25, -0.2) is 0 Å². The lowest BCUT2D eigenvalue weighted by molar-refractivity contribution is 0.0994. The molecule has 1 aliphatic carbocycles. The second kappa shape index (κ2) is 3.97. The van der Waals surface area contributed by atoms with Crippen LogP contribution in [-0.2, 0) is 6.42 Å². The van der Waals surface area contributed by atoms with E-state index >= 15 is 0 Å². The summed E-state index contributed by atoms with van der Waals surface area (Å²) in [6.45, 7) is 0. The molecule has 0 amide bonds. The number of benzene rings is 1. The highest BCUT2D eigenvalue weighted by Gasteiger charge is 2.18. The second-order valence-corrected chi connectivity index (χ2v) is 3.71. The van der Waals surface area contributed by atoms with Crippen molar-refractivity contribution in [3.8, 4) is 0 Å². The first-order valence-corrected chi connectivity index (χ1v) is 5.23. The minimum atomic E-state index is 0.265. The Hall–Kier alpha value is -1.08. The Morgan fingerprint density at radius 2 is 2.21 bits per heavy atom. The van der Waals surface area contributed by atoms with Gasteiger partial charge in [-0.15, -0.1) is 11.6 Å². The number of rotatable bonds is 2. The van der Waals surface area contributed by atoms with Gasteiger partial charge in [0.15, 0.2) is 5.78 Å². The maximum atomic E-state index is 11.4. The lowest BCUT2D eigenvalue weighted by Crippen LogP contribution is -1.91. The molecule has 1 aliphatic rings. The summed E-state index contributed by atoms with van der Waals surface area (Å²) in [5, 5.41) is 0. The van der Waals surface area contributed by atoms with Crippen molar-refractivity contribution in [1.29, 1.82) is 0 Å². The maximum Gasteiger partial charge on any atom is 0.163 e. The van der Waals surface area contributed by atoms with Crippen LogP contribution in [0.3, 0.4) is 0 Å². The summed E-state index contributed by atoms with van der Waals surface area (Å²) >= 11 is 5.54. The summed E-state index contributed by atoms with van der Waals surface area (Å²) in [6.07, 6.45) is 5.38. The average molecular weight is 207 g/mol. The minimum Gasteiger partial charge on any atom is -0.294 e. The Morgan fingerprint density at radius 3 is 3.00 bits per heavy atom. The van der Waals surface area contributed by atoms with Crippen LogP contribution in [0.2, 0.25) is 0 Å². The van der Waals surface area contributed by atoms with Crippen LogP contribution in [0.5, 0.6) is 0 Å². The molecule has 0 N–H and O–H groups in total. The summed E-state index contributed by atoms with van der Waals surface area (Å²) in [7, 11) is 0. The van der Waals surface area contributed by atoms with Gasteiger partial charge in [-0.2, -0.15) is 0 Å². The molecule has 0 atom stereocenters. The van der Waals surface area contributed by atoms with Gasteiger partial charge in [0.2, 0.25) is 0 Å². The van der Waals surface area contributed by atoms with Crippen molar-refractivity contribution in [3.05, 3.63) is 41.0 Å². The standard InChI is InChI=1S/C12H11ClO/c13-7-1-2-9-3-4-10-5-6-12(14)11(10)8-9/h1-4,8H,5-7H2. The van der Waals surface area contributed by atoms with E-state index in [1.165, 1.54) is 5.56 Å². The van der Waals surface area contributed by atoms with Gasteiger partial charge in [-0.3, -0.25) is 4.79 Å². The molecule has 0 bridgehead atoms. The molecular weight excluding hydrogens is 196 g/mol. The third-order valence-electron chi connectivity index (χ3n) is 2.46. The number of alkyl halides is 1. The topological polar surface area (TPSA) is 17.1 Å². The Morgan fingerprint density at radius 1 is 1.36 bits per heavy atom. The van der Waals surface area contributed by atoms with Crippen molar-refractivity contribution in [2.24, 2.45) is 0 Å². The Balaban J connectivity index is 2.35. The molecule has 0 aromatic heterocycles. The van der Waals surface area contributed by atoms with Crippen LogP contribution in [0.1, 0.15) is 27.9 Å². The third kappa shape index (κ3) is 1.73. The highest BCUT2D eigenvalue weighted by atomic mass is 35.5. The molecule has 0 radical (unpaired) electrons. The zero-order chi connectivity index (χ0) is 9.97. The smallest absolute Gasteiger partial charge is 0.163 e. The summed E-state index contributed by atoms with van der Waals surface area (Å²) in [5.41, 5.74) is 3.12. The SMILES string of the molecule is O=C1CCc2ccc(C=CCCl)cc21. The van der Waals surface area contributed by atoms with E-state index in [4.69, 9.17) is 11.6 Å². The molecule has 72 valence electrons. The molecule has 1 aromatic rings. The van der Waals surface area contributed by atoms with Gasteiger partial charge in [0.05, 0.1) is 0 Å². The van der Waals surface area contributed by atoms with Crippen LogP contribution >= 0.6 is 11.6 Å². The molecule has 1 nitrogen and oxygen atoms in total. The number of halogens is 1. The van der Waals surface area contributed by atoms with Crippen LogP contribution in [0.15, 0.2) is 24.3 Å². The predicted molar refractivity (Wildman–Crippen MR) is 58.8 cm³/mol. The van der Waals surface area contributed by atoms with E-state index in [9.17, 15) is 4.79 Å². The second-order valence-electron chi connectivity index (χ2n) is 3.40. The first kappa shape index (κ1) is 9.47. The predicted octanol–water partition coefficient (Wildman–Crippen LogP) is 3.07. The number of fused-ring (bicyclic) bond motifs is 1. The summed E-state index contributed by atoms with van der Waals surface area (Å²) < 4.78 is 0. The maximum absolute atomic E-state index is 11.4. The van der Waals surface area contributed by atoms with E-state index in [2.05, 4.69) is 0 Å². The molecule has 1 aromatic carbocycles. The lowest BCUT2D eigenvalue weighted by Gasteiger charge is -1.98. The van der Waals surface area contributed by atoms with E-state index in [0.29, 0.717) is 12.3 Å². The van der Waals surface area contributed by atoms with Crippen molar-refractivity contribution in [3.63, 3.8) is 0 Å². The normalized spacial score (nSPS) is 15.1. The highest BCUT2D eigenvalue weighted by molar-refractivity contribution is 6.19. The molecule has 0 saturated carbocycles. The molecule has 0 aliphatic heterocycles. The van der Waals surface area contributed by atoms with Gasteiger partial charge < -0.3 is 0 Å². The van der Waals surface area contributed by atoms with Gasteiger partial charge in [0, 0.05) is 17.9 Å². The van der Waals surface area contributed by atoms with Gasteiger partial charge in [-0.1, -0.05) is 24.3 Å². The van der Waals surface area contributed by atoms with E-state index < -0.39 is 0 Å². The number of allylic oxidation sites excluding steroid dienone is 1. The summed E-state index contributed by atoms with van der Waals surface area (Å²) in [5.74, 6) is 0.770. The number of carbonyl (C=O) groups is 1. The van der Waals surface area contributed by atoms with Gasteiger partial charge >= 0.3 is 0 Å². The molecular formula is C12H11ClO. The van der Waals surface area contributed by atoms with Crippen LogP contribution in [0.25, 0.3) is 6.08 Å². The number of aryl methyl sites for hydroxylation is 1. The van der Waals surface area contributed by atoms with Crippen LogP contribution in [0.4, 0.5) is 0 Å². The van der Waals surface area contributed by atoms with E-state index in [0.717, 1.165) is 17.5 Å². The highest BCUT2D eigenvalue weighted by Crippen LogP contribution is 2.23. The fourth-order valence-electron chi connectivity index (χ4n) is 1.74. The Bertz CT molecular complexity index is 393. The number of carbonyl (C=O) groups excluding carboxylic acids is 1. The average Bonchev–Trinajstić information content (AvgIpc) is 2.57. The number of hydrogen-bond donors (Lipinski definition) is 0. The molecule has 0 unspecified atom stereocenters. The minimum absolute atomic E-state index is 0.265. The zero-order valence-electron chi connectivity index (χ0n) is 7.79. The van der Waals surface area contributed by atoms with Crippen LogP contribution < -0.4 is 0 Å². The van der Waals surface area contributed by atoms with Crippen molar-refractivity contribution in [2.45, 2.75) is 12.8 Å². The molecule has 0 heterocycles. The number of hydrogen-bond acceptors (Lipinski definition) is 1. The monoisotopic (exact) mass is 206 g/mol. The molecule has 2 heteroatoms. The zero-order valence-corrected chi connectivity index (χ0v) is 8.55. The first-order valence-electron chi connectivity index (χ1n) is 4.70. The molecule has 0 spiro atoms. The molecule has 0 fully saturated rings. The Kier molecular flexibility index (Phi) is 2.69. The third-order valence-corrected chi connectivity index (χ3v) is 2.63. The summed E-state index contributed by atoms with van der Waals surface area (Å²) in [4.78, 5) is 11.4. The fraction of sp³-hybridized carbons (Fsp3) is 0.250. The van der Waals surface area contributed by atoms with Crippen molar-refractivity contribution < 1.29 is 4.79 Å². The quantitative estimate of drug-likeness (QED) is 0.680. The van der Waals surface area contributed by atoms with Crippen LogP contribution in [-0.4, -0.2) is 11.7 Å². The van der Waals surface area contributed by atoms with Gasteiger partial charge in [-0.05, 0) is 23.6 Å². The van der Waals surface area contributed by atoms with Crippen LogP contribution in [0, 0.1) is 0 Å². The van der Waals surface area contributed by atoms with E-state index in [-0.39, 0.29) is 5.78 Å². The van der Waals surface area contributed by atoms with Gasteiger partial charge in [0.1, 0.15) is 0 Å². The lowest BCUT2D eigenvalue weighted by atomic mass is 10.1. The van der Waals surface area contributed by atoms with Crippen molar-refractivity contribution in [1.82, 2.24) is 0 Å². The summed E-state index contributed by atoms with van der Waals surface area (Å²) in [6, 6.07) is 6.02. The molecule has 14 heavy (non-hydrogen) atoms. The Labute approximate surface area is 88.4 Å². The van der Waals surface area contributed by atoms with E-state index in [1.807, 2.05) is 30.4 Å². The number of ketones is 1. The van der Waals surface area contributed by atoms with Crippen molar-refractivity contribution in [2.75, 3.05) is 5.88 Å². The van der Waals surface area contributed by atoms with E-state index in [1.54, 1.807) is 0 Å². The van der Waals surface area contributed by atoms with Crippen molar-refractivity contribution >= 4 is 23.5 Å². The fourth-order valence-corrected chi connectivity index (χ4v) is 1.83. The first-order chi connectivity index (χ1) is 6.81. The molecule has 0 saturated heterocycles. The largest absolute Gasteiger partial charge is 0.294 e. The molecule has 2 rings (SSSR count).